The molecule has 116 valence electrons. The van der Waals surface area contributed by atoms with Gasteiger partial charge in [0.15, 0.2) is 0 Å². The minimum absolute atomic E-state index is 0.165. The highest BCUT2D eigenvalue weighted by atomic mass is 15.3. The average Bonchev–Trinajstić information content (AvgIpc) is 2.81. The molecule has 0 radical (unpaired) electrons. The lowest BCUT2D eigenvalue weighted by Gasteiger charge is -2.44. The number of nitrogens with one attached hydrogen (secondary N) is 1. The van der Waals surface area contributed by atoms with Crippen molar-refractivity contribution in [2.45, 2.75) is 59.0 Å². The van der Waals surface area contributed by atoms with Crippen molar-refractivity contribution in [3.8, 4) is 0 Å². The molecule has 0 saturated carbocycles. The van der Waals surface area contributed by atoms with Gasteiger partial charge < -0.3 is 5.32 Å². The van der Waals surface area contributed by atoms with Crippen molar-refractivity contribution in [2.75, 3.05) is 19.6 Å². The Morgan fingerprint density at radius 1 is 1.30 bits per heavy atom. The highest BCUT2D eigenvalue weighted by Crippen LogP contribution is 2.22. The van der Waals surface area contributed by atoms with E-state index in [-0.39, 0.29) is 5.54 Å². The molecule has 0 aliphatic rings. The molecule has 1 heterocycles. The summed E-state index contributed by atoms with van der Waals surface area (Å²) in [6.45, 7) is 14.6. The molecule has 1 aromatic rings. The molecule has 0 aliphatic carbocycles. The van der Waals surface area contributed by atoms with Gasteiger partial charge in [-0.2, -0.15) is 5.10 Å². The second-order valence-corrected chi connectivity index (χ2v) is 5.92. The van der Waals surface area contributed by atoms with Crippen molar-refractivity contribution in [3.63, 3.8) is 0 Å². The molecule has 0 amide bonds. The predicted molar refractivity (Wildman–Crippen MR) is 86.0 cm³/mol. The maximum atomic E-state index is 4.26. The standard InChI is InChI=1S/C16H32N4/c1-7-17-15(16(4,5)20(8-2)9-3)11-10-14-12-13-18-19(14)6/h12-13,15,17H,7-11H2,1-6H3. The molecule has 1 unspecified atom stereocenters. The molecule has 0 saturated heterocycles. The van der Waals surface area contributed by atoms with Crippen LogP contribution in [0, 0.1) is 0 Å². The van der Waals surface area contributed by atoms with Gasteiger partial charge in [0.05, 0.1) is 0 Å². The Bertz CT molecular complexity index is 380. The third-order valence-electron chi connectivity index (χ3n) is 4.49. The van der Waals surface area contributed by atoms with Crippen molar-refractivity contribution in [3.05, 3.63) is 18.0 Å². The van der Waals surface area contributed by atoms with Crippen LogP contribution in [0.5, 0.6) is 0 Å². The van der Waals surface area contributed by atoms with Crippen LogP contribution < -0.4 is 5.32 Å². The molecule has 0 fully saturated rings. The van der Waals surface area contributed by atoms with Crippen LogP contribution in [-0.2, 0) is 13.5 Å². The van der Waals surface area contributed by atoms with E-state index in [4.69, 9.17) is 0 Å². The van der Waals surface area contributed by atoms with Crippen LogP contribution >= 0.6 is 0 Å². The van der Waals surface area contributed by atoms with Crippen LogP contribution in [-0.4, -0.2) is 45.9 Å². The van der Waals surface area contributed by atoms with Crippen LogP contribution in [0.1, 0.15) is 46.7 Å². The van der Waals surface area contributed by atoms with Gasteiger partial charge >= 0.3 is 0 Å². The molecule has 0 aliphatic heterocycles. The average molecular weight is 280 g/mol. The highest BCUT2D eigenvalue weighted by molar-refractivity contribution is 5.02. The molecule has 0 bridgehead atoms. The fraction of sp³-hybridized carbons (Fsp3) is 0.812. The molecule has 0 spiro atoms. The monoisotopic (exact) mass is 280 g/mol. The van der Waals surface area contributed by atoms with Gasteiger partial charge in [-0.05, 0) is 52.4 Å². The smallest absolute Gasteiger partial charge is 0.0492 e. The zero-order valence-electron chi connectivity index (χ0n) is 14.1. The number of nitrogens with zero attached hydrogens (tertiary/aromatic N) is 3. The summed E-state index contributed by atoms with van der Waals surface area (Å²) in [6.07, 6.45) is 4.09. The third kappa shape index (κ3) is 4.06. The van der Waals surface area contributed by atoms with Crippen molar-refractivity contribution >= 4 is 0 Å². The molecule has 4 heteroatoms. The molecule has 0 aromatic carbocycles. The van der Waals surface area contributed by atoms with Gasteiger partial charge in [-0.15, -0.1) is 0 Å². The van der Waals surface area contributed by atoms with Crippen LogP contribution in [0.4, 0.5) is 0 Å². The maximum Gasteiger partial charge on any atom is 0.0492 e. The van der Waals surface area contributed by atoms with E-state index in [1.807, 2.05) is 17.9 Å². The summed E-state index contributed by atoms with van der Waals surface area (Å²) < 4.78 is 1.98. The zero-order chi connectivity index (χ0) is 15.2. The van der Waals surface area contributed by atoms with E-state index in [9.17, 15) is 0 Å². The fourth-order valence-electron chi connectivity index (χ4n) is 3.15. The van der Waals surface area contributed by atoms with E-state index >= 15 is 0 Å². The van der Waals surface area contributed by atoms with Gasteiger partial charge in [-0.3, -0.25) is 9.58 Å². The summed E-state index contributed by atoms with van der Waals surface area (Å²) in [6, 6.07) is 2.61. The molecular formula is C16H32N4. The largest absolute Gasteiger partial charge is 0.312 e. The maximum absolute atomic E-state index is 4.26. The summed E-state index contributed by atoms with van der Waals surface area (Å²) in [5, 5.41) is 7.94. The Morgan fingerprint density at radius 2 is 1.95 bits per heavy atom. The van der Waals surface area contributed by atoms with Gasteiger partial charge in [-0.25, -0.2) is 0 Å². The van der Waals surface area contributed by atoms with Crippen LogP contribution in [0.2, 0.25) is 0 Å². The second-order valence-electron chi connectivity index (χ2n) is 5.92. The topological polar surface area (TPSA) is 33.1 Å². The Hall–Kier alpha value is -0.870. The van der Waals surface area contributed by atoms with Gasteiger partial charge in [-0.1, -0.05) is 20.8 Å². The minimum atomic E-state index is 0.165. The molecule has 1 aromatic heterocycles. The molecular weight excluding hydrogens is 248 g/mol. The number of hydrogen-bond acceptors (Lipinski definition) is 3. The van der Waals surface area contributed by atoms with Gasteiger partial charge in [0.2, 0.25) is 0 Å². The van der Waals surface area contributed by atoms with Gasteiger partial charge in [0.25, 0.3) is 0 Å². The SMILES string of the molecule is CCNC(CCc1ccnn1C)C(C)(C)N(CC)CC. The Kier molecular flexibility index (Phi) is 6.69. The second kappa shape index (κ2) is 7.79. The lowest BCUT2D eigenvalue weighted by Crippen LogP contribution is -2.57. The van der Waals surface area contributed by atoms with E-state index in [2.05, 4.69) is 56.0 Å². The first kappa shape index (κ1) is 17.2. The van der Waals surface area contributed by atoms with Crippen molar-refractivity contribution in [1.29, 1.82) is 0 Å². The van der Waals surface area contributed by atoms with Crippen LogP contribution in [0.15, 0.2) is 12.3 Å². The number of aromatic nitrogens is 2. The van der Waals surface area contributed by atoms with Crippen molar-refractivity contribution in [2.24, 2.45) is 7.05 Å². The van der Waals surface area contributed by atoms with Crippen LogP contribution in [0.3, 0.4) is 0 Å². The zero-order valence-corrected chi connectivity index (χ0v) is 14.1. The van der Waals surface area contributed by atoms with Crippen molar-refractivity contribution < 1.29 is 0 Å². The lowest BCUT2D eigenvalue weighted by molar-refractivity contribution is 0.0881. The number of likely N-dealkylation sites (N-methyl/N-ethyl adjacent to an activating group) is 2. The highest BCUT2D eigenvalue weighted by Gasteiger charge is 2.33. The summed E-state index contributed by atoms with van der Waals surface area (Å²) in [5.74, 6) is 0. The molecule has 1 N–H and O–H groups in total. The summed E-state index contributed by atoms with van der Waals surface area (Å²) in [4.78, 5) is 2.55. The van der Waals surface area contributed by atoms with E-state index in [0.29, 0.717) is 6.04 Å². The summed E-state index contributed by atoms with van der Waals surface area (Å²) in [7, 11) is 2.02. The van der Waals surface area contributed by atoms with Crippen LogP contribution in [0.25, 0.3) is 0 Å². The van der Waals surface area contributed by atoms with Crippen molar-refractivity contribution in [1.82, 2.24) is 20.0 Å². The number of aryl methyl sites for hydroxylation is 2. The van der Waals surface area contributed by atoms with E-state index in [0.717, 1.165) is 32.5 Å². The Balaban J connectivity index is 2.74. The normalized spacial score (nSPS) is 13.9. The quantitative estimate of drug-likeness (QED) is 0.754. The molecule has 4 nitrogen and oxygen atoms in total. The molecule has 1 rings (SSSR count). The van der Waals surface area contributed by atoms with E-state index in [1.165, 1.54) is 5.69 Å². The van der Waals surface area contributed by atoms with Gasteiger partial charge in [0.1, 0.15) is 0 Å². The fourth-order valence-corrected chi connectivity index (χ4v) is 3.15. The number of rotatable bonds is 9. The summed E-state index contributed by atoms with van der Waals surface area (Å²) in [5.41, 5.74) is 1.47. The van der Waals surface area contributed by atoms with E-state index in [1.54, 1.807) is 0 Å². The predicted octanol–water partition coefficient (Wildman–Crippen LogP) is 2.45. The lowest BCUT2D eigenvalue weighted by atomic mass is 9.88. The first-order valence-corrected chi connectivity index (χ1v) is 7.92. The Morgan fingerprint density at radius 3 is 2.40 bits per heavy atom. The van der Waals surface area contributed by atoms with E-state index < -0.39 is 0 Å². The summed E-state index contributed by atoms with van der Waals surface area (Å²) >= 11 is 0. The minimum Gasteiger partial charge on any atom is -0.312 e. The third-order valence-corrected chi connectivity index (χ3v) is 4.49. The number of hydrogen-bond donors (Lipinski definition) is 1. The molecule has 1 atom stereocenters. The first-order valence-electron chi connectivity index (χ1n) is 7.92. The molecule has 20 heavy (non-hydrogen) atoms. The Labute approximate surface area is 124 Å². The first-order chi connectivity index (χ1) is 9.47. The van der Waals surface area contributed by atoms with Gasteiger partial charge in [0, 0.05) is 30.5 Å².